The number of aromatic nitrogens is 1. The smallest absolute Gasteiger partial charge is 0.275 e. The monoisotopic (exact) mass is 376 g/mol. The summed E-state index contributed by atoms with van der Waals surface area (Å²) >= 11 is 0. The number of hydrogen-bond acceptors (Lipinski definition) is 3. The maximum Gasteiger partial charge on any atom is 0.275 e. The van der Waals surface area contributed by atoms with Crippen LogP contribution in [-0.2, 0) is 4.79 Å². The number of amides is 1. The lowest BCUT2D eigenvalue weighted by atomic mass is 10.1. The Bertz CT molecular complexity index is 1030. The van der Waals surface area contributed by atoms with Crippen molar-refractivity contribution in [3.05, 3.63) is 59.6 Å². The van der Waals surface area contributed by atoms with Crippen molar-refractivity contribution >= 4 is 34.4 Å². The van der Waals surface area contributed by atoms with Gasteiger partial charge in [0.1, 0.15) is 17.0 Å². The van der Waals surface area contributed by atoms with E-state index in [9.17, 15) is 4.79 Å². The van der Waals surface area contributed by atoms with Gasteiger partial charge in [-0.1, -0.05) is 0 Å². The lowest BCUT2D eigenvalue weighted by Gasteiger charge is -2.21. The van der Waals surface area contributed by atoms with Crippen molar-refractivity contribution in [2.45, 2.75) is 33.1 Å². The summed E-state index contributed by atoms with van der Waals surface area (Å²) in [5, 5.41) is 4.04. The normalized spacial score (nSPS) is 14.7. The topological polar surface area (TPSA) is 59.6 Å². The number of aromatic amines is 1. The molecule has 0 saturated carbocycles. The van der Waals surface area contributed by atoms with Crippen LogP contribution in [0.2, 0.25) is 0 Å². The fourth-order valence-electron chi connectivity index (χ4n) is 3.70. The minimum Gasteiger partial charge on any atom is -0.462 e. The number of nitrogens with zero attached hydrogens (tertiary/aromatic N) is 1. The molecule has 0 atom stereocenters. The van der Waals surface area contributed by atoms with E-state index in [1.165, 1.54) is 36.7 Å². The van der Waals surface area contributed by atoms with E-state index in [-0.39, 0.29) is 5.91 Å². The number of carbonyl (C=O) groups is 1. The second kappa shape index (κ2) is 7.89. The molecule has 0 bridgehead atoms. The highest BCUT2D eigenvalue weighted by atomic mass is 16.3. The molecule has 28 heavy (non-hydrogen) atoms. The van der Waals surface area contributed by atoms with Gasteiger partial charge < -0.3 is 9.73 Å². The molecule has 1 amide bonds. The molecule has 0 radical (unpaired) electrons. The van der Waals surface area contributed by atoms with Crippen molar-refractivity contribution in [2.24, 2.45) is 0 Å². The van der Waals surface area contributed by atoms with Gasteiger partial charge in [-0.2, -0.15) is 0 Å². The molecule has 3 heterocycles. The quantitative estimate of drug-likeness (QED) is 0.682. The summed E-state index contributed by atoms with van der Waals surface area (Å²) in [4.78, 5) is 18.2. The predicted octanol–water partition coefficient (Wildman–Crippen LogP) is 4.51. The van der Waals surface area contributed by atoms with Gasteiger partial charge in [0.15, 0.2) is 0 Å². The first-order valence-corrected chi connectivity index (χ1v) is 9.86. The third-order valence-corrected chi connectivity index (χ3v) is 5.18. The molecule has 144 valence electrons. The van der Waals surface area contributed by atoms with E-state index >= 15 is 0 Å². The van der Waals surface area contributed by atoms with Crippen LogP contribution in [0.4, 0.5) is 11.5 Å². The van der Waals surface area contributed by atoms with E-state index in [0.29, 0.717) is 5.76 Å². The summed E-state index contributed by atoms with van der Waals surface area (Å²) in [6, 6.07) is 11.9. The largest absolute Gasteiger partial charge is 0.462 e. The number of fused-ring (bicyclic) bond motifs is 1. The summed E-state index contributed by atoms with van der Waals surface area (Å²) in [6.07, 6.45) is 6.98. The first-order chi connectivity index (χ1) is 13.6. The van der Waals surface area contributed by atoms with E-state index in [0.717, 1.165) is 35.4 Å². The van der Waals surface area contributed by atoms with Gasteiger partial charge in [0, 0.05) is 23.2 Å². The van der Waals surface area contributed by atoms with Gasteiger partial charge in [0.25, 0.3) is 5.82 Å². The second-order valence-corrected chi connectivity index (χ2v) is 7.42. The van der Waals surface area contributed by atoms with E-state index in [1.807, 2.05) is 37.3 Å². The summed E-state index contributed by atoms with van der Waals surface area (Å²) in [5.74, 6) is 2.49. The van der Waals surface area contributed by atoms with Crippen molar-refractivity contribution in [3.63, 3.8) is 0 Å². The van der Waals surface area contributed by atoms with Crippen LogP contribution in [0.1, 0.15) is 36.3 Å². The number of aryl methyl sites for hydroxylation is 2. The van der Waals surface area contributed by atoms with Crippen LogP contribution in [0, 0.1) is 13.8 Å². The number of carbonyl (C=O) groups excluding carboxylic acids is 1. The van der Waals surface area contributed by atoms with Crippen LogP contribution in [0.5, 0.6) is 0 Å². The minimum atomic E-state index is -0.181. The van der Waals surface area contributed by atoms with Crippen LogP contribution >= 0.6 is 0 Å². The summed E-state index contributed by atoms with van der Waals surface area (Å²) < 4.78 is 5.44. The van der Waals surface area contributed by atoms with Crippen LogP contribution in [-0.4, -0.2) is 19.0 Å². The van der Waals surface area contributed by atoms with Crippen LogP contribution in [0.15, 0.2) is 46.9 Å². The number of anilines is 2. The zero-order chi connectivity index (χ0) is 19.5. The zero-order valence-corrected chi connectivity index (χ0v) is 16.4. The standard InChI is InChI=1S/C23H25N3O2/c1-16-14-22(26-12-4-3-5-13-26)25-21-10-7-18(15-20(16)21)24-23(27)11-9-19-8-6-17(2)28-19/h6-11,14-15H,3-5,12-13H2,1-2H3,(H,24,27)/p+1. The molecule has 0 aliphatic carbocycles. The summed E-state index contributed by atoms with van der Waals surface area (Å²) in [7, 11) is 0. The number of benzene rings is 1. The number of rotatable bonds is 4. The molecule has 2 aromatic heterocycles. The molecule has 4 rings (SSSR count). The first-order valence-electron chi connectivity index (χ1n) is 9.86. The van der Waals surface area contributed by atoms with Gasteiger partial charge in [0.05, 0.1) is 13.1 Å². The lowest BCUT2D eigenvalue weighted by Crippen LogP contribution is -2.34. The zero-order valence-electron chi connectivity index (χ0n) is 16.4. The fourth-order valence-corrected chi connectivity index (χ4v) is 3.70. The average Bonchev–Trinajstić information content (AvgIpc) is 3.13. The van der Waals surface area contributed by atoms with Crippen LogP contribution in [0.3, 0.4) is 0 Å². The lowest BCUT2D eigenvalue weighted by molar-refractivity contribution is -0.330. The van der Waals surface area contributed by atoms with Gasteiger partial charge in [-0.15, -0.1) is 0 Å². The van der Waals surface area contributed by atoms with Crippen molar-refractivity contribution in [1.82, 2.24) is 0 Å². The average molecular weight is 376 g/mol. The predicted molar refractivity (Wildman–Crippen MR) is 112 cm³/mol. The second-order valence-electron chi connectivity index (χ2n) is 7.42. The van der Waals surface area contributed by atoms with Crippen molar-refractivity contribution in [1.29, 1.82) is 0 Å². The molecule has 1 aliphatic rings. The Labute approximate surface area is 165 Å². The number of H-pyrrole nitrogens is 1. The van der Waals surface area contributed by atoms with E-state index in [4.69, 9.17) is 4.42 Å². The van der Waals surface area contributed by atoms with Gasteiger partial charge in [-0.05, 0) is 75.1 Å². The van der Waals surface area contributed by atoms with E-state index in [1.54, 1.807) is 6.08 Å². The molecule has 0 spiro atoms. The number of hydrogen-bond donors (Lipinski definition) is 1. The number of pyridine rings is 1. The van der Waals surface area contributed by atoms with Gasteiger partial charge >= 0.3 is 0 Å². The van der Waals surface area contributed by atoms with Gasteiger partial charge in [-0.3, -0.25) is 9.69 Å². The number of nitrogens with one attached hydrogen (secondary N) is 2. The molecule has 5 heteroatoms. The molecular weight excluding hydrogens is 350 g/mol. The Kier molecular flexibility index (Phi) is 5.15. The molecular formula is C23H26N3O2+. The molecule has 5 nitrogen and oxygen atoms in total. The highest BCUT2D eigenvalue weighted by Crippen LogP contribution is 2.24. The molecule has 2 N–H and O–H groups in total. The molecule has 3 aromatic rings. The third-order valence-electron chi connectivity index (χ3n) is 5.18. The first kappa shape index (κ1) is 18.3. The highest BCUT2D eigenvalue weighted by molar-refractivity contribution is 6.02. The van der Waals surface area contributed by atoms with Gasteiger partial charge in [-0.25, -0.2) is 4.98 Å². The highest BCUT2D eigenvalue weighted by Gasteiger charge is 2.20. The Morgan fingerprint density at radius 2 is 1.93 bits per heavy atom. The van der Waals surface area contributed by atoms with E-state index in [2.05, 4.69) is 28.2 Å². The molecule has 1 fully saturated rings. The van der Waals surface area contributed by atoms with Crippen molar-refractivity contribution in [2.75, 3.05) is 23.3 Å². The van der Waals surface area contributed by atoms with Crippen LogP contribution in [0.25, 0.3) is 17.0 Å². The molecule has 1 saturated heterocycles. The molecule has 1 aromatic carbocycles. The van der Waals surface area contributed by atoms with E-state index < -0.39 is 0 Å². The Hall–Kier alpha value is -3.08. The number of piperidine rings is 1. The van der Waals surface area contributed by atoms with Crippen molar-refractivity contribution < 1.29 is 14.2 Å². The van der Waals surface area contributed by atoms with Crippen molar-refractivity contribution in [3.8, 4) is 0 Å². The summed E-state index contributed by atoms with van der Waals surface area (Å²) in [6.45, 7) is 6.21. The SMILES string of the molecule is Cc1ccc(C=CC(=O)Nc2ccc3[nH+]c(N4CCCCC4)cc(C)c3c2)o1. The maximum atomic E-state index is 12.2. The fraction of sp³-hybridized carbons (Fsp3) is 0.304. The molecule has 1 aliphatic heterocycles. The van der Waals surface area contributed by atoms with Crippen LogP contribution < -0.4 is 15.2 Å². The van der Waals surface area contributed by atoms with Gasteiger partial charge in [0.2, 0.25) is 5.91 Å². The Balaban J connectivity index is 1.51. The minimum absolute atomic E-state index is 0.181. The Morgan fingerprint density at radius 3 is 2.68 bits per heavy atom. The maximum absolute atomic E-state index is 12.2. The summed E-state index contributed by atoms with van der Waals surface area (Å²) in [5.41, 5.74) is 3.06. The number of furan rings is 1. The Morgan fingerprint density at radius 1 is 1.11 bits per heavy atom. The molecule has 0 unspecified atom stereocenters. The third kappa shape index (κ3) is 4.09.